The summed E-state index contributed by atoms with van der Waals surface area (Å²) in [4.78, 5) is 30.0. The Hall–Kier alpha value is -3.03. The Labute approximate surface area is 181 Å². The van der Waals surface area contributed by atoms with Gasteiger partial charge >= 0.3 is 0 Å². The molecule has 0 aliphatic carbocycles. The van der Waals surface area contributed by atoms with Crippen LogP contribution in [0.5, 0.6) is 0 Å². The summed E-state index contributed by atoms with van der Waals surface area (Å²) in [7, 11) is 0. The molecule has 152 valence electrons. The second kappa shape index (κ2) is 9.19. The largest absolute Gasteiger partial charge is 0.467 e. The highest BCUT2D eigenvalue weighted by Crippen LogP contribution is 2.21. The molecule has 2 aromatic carbocycles. The summed E-state index contributed by atoms with van der Waals surface area (Å²) >= 11 is 7.29. The molecule has 1 amide bonds. The minimum atomic E-state index is -0.178. The van der Waals surface area contributed by atoms with Crippen LogP contribution in [0, 0.1) is 0 Å². The van der Waals surface area contributed by atoms with Gasteiger partial charge in [0.25, 0.3) is 5.56 Å². The number of thioether (sulfide) groups is 1. The lowest BCUT2D eigenvalue weighted by atomic mass is 10.2. The SMILES string of the molecule is O=C(CSc1nc2cc(Cl)ccc2c(=O)n1Cc1ccccc1)NCc1ccco1. The van der Waals surface area contributed by atoms with E-state index < -0.39 is 0 Å². The van der Waals surface area contributed by atoms with Crippen molar-refractivity contribution in [1.82, 2.24) is 14.9 Å². The van der Waals surface area contributed by atoms with E-state index in [9.17, 15) is 9.59 Å². The number of benzene rings is 2. The molecule has 0 saturated carbocycles. The van der Waals surface area contributed by atoms with Crippen LogP contribution < -0.4 is 10.9 Å². The Balaban J connectivity index is 1.60. The third-order valence-electron chi connectivity index (χ3n) is 4.44. The van der Waals surface area contributed by atoms with Crippen LogP contribution >= 0.6 is 23.4 Å². The number of nitrogens with zero attached hydrogens (tertiary/aromatic N) is 2. The van der Waals surface area contributed by atoms with E-state index in [1.165, 1.54) is 11.8 Å². The van der Waals surface area contributed by atoms with Crippen molar-refractivity contribution in [1.29, 1.82) is 0 Å². The van der Waals surface area contributed by atoms with Gasteiger partial charge in [-0.25, -0.2) is 4.98 Å². The number of halogens is 1. The van der Waals surface area contributed by atoms with Gasteiger partial charge in [0, 0.05) is 5.02 Å². The zero-order valence-corrected chi connectivity index (χ0v) is 17.4. The first-order valence-corrected chi connectivity index (χ1v) is 10.6. The fraction of sp³-hybridized carbons (Fsp3) is 0.136. The van der Waals surface area contributed by atoms with Gasteiger partial charge in [-0.05, 0) is 35.9 Å². The van der Waals surface area contributed by atoms with Crippen molar-refractivity contribution in [2.75, 3.05) is 5.75 Å². The van der Waals surface area contributed by atoms with Crippen molar-refractivity contribution in [2.24, 2.45) is 0 Å². The van der Waals surface area contributed by atoms with E-state index in [-0.39, 0.29) is 17.2 Å². The minimum absolute atomic E-state index is 0.119. The topological polar surface area (TPSA) is 77.1 Å². The highest BCUT2D eigenvalue weighted by molar-refractivity contribution is 7.99. The second-order valence-electron chi connectivity index (χ2n) is 6.58. The average molecular weight is 440 g/mol. The summed E-state index contributed by atoms with van der Waals surface area (Å²) in [6.07, 6.45) is 1.56. The number of amides is 1. The van der Waals surface area contributed by atoms with Crippen LogP contribution in [0.4, 0.5) is 0 Å². The van der Waals surface area contributed by atoms with Gasteiger partial charge in [-0.15, -0.1) is 0 Å². The first-order valence-electron chi connectivity index (χ1n) is 9.26. The van der Waals surface area contributed by atoms with Crippen molar-refractivity contribution in [3.8, 4) is 0 Å². The highest BCUT2D eigenvalue weighted by atomic mass is 35.5. The Kier molecular flexibility index (Phi) is 6.21. The standard InChI is InChI=1S/C22H18ClN3O3S/c23-16-8-9-18-19(11-16)25-22(26(21(18)28)13-15-5-2-1-3-6-15)30-14-20(27)24-12-17-7-4-10-29-17/h1-11H,12-14H2,(H,24,27). The molecular formula is C22H18ClN3O3S. The van der Waals surface area contributed by atoms with E-state index in [1.54, 1.807) is 41.2 Å². The molecule has 6 nitrogen and oxygen atoms in total. The molecule has 0 spiro atoms. The number of carbonyl (C=O) groups excluding carboxylic acids is 1. The lowest BCUT2D eigenvalue weighted by molar-refractivity contribution is -0.118. The number of fused-ring (bicyclic) bond motifs is 1. The molecule has 1 N–H and O–H groups in total. The van der Waals surface area contributed by atoms with E-state index in [0.29, 0.717) is 39.9 Å². The van der Waals surface area contributed by atoms with Gasteiger partial charge < -0.3 is 9.73 Å². The maximum atomic E-state index is 13.1. The maximum Gasteiger partial charge on any atom is 0.262 e. The van der Waals surface area contributed by atoms with E-state index in [1.807, 2.05) is 30.3 Å². The summed E-state index contributed by atoms with van der Waals surface area (Å²) in [5.74, 6) is 0.615. The smallest absolute Gasteiger partial charge is 0.262 e. The monoisotopic (exact) mass is 439 g/mol. The van der Waals surface area contributed by atoms with Crippen molar-refractivity contribution >= 4 is 40.2 Å². The Morgan fingerprint density at radius 1 is 1.13 bits per heavy atom. The number of rotatable bonds is 7. The quantitative estimate of drug-likeness (QED) is 0.346. The molecule has 4 aromatic rings. The van der Waals surface area contributed by atoms with Crippen LogP contribution in [-0.4, -0.2) is 21.2 Å². The molecule has 0 saturated heterocycles. The third kappa shape index (κ3) is 4.75. The Morgan fingerprint density at radius 3 is 2.73 bits per heavy atom. The summed E-state index contributed by atoms with van der Waals surface area (Å²) < 4.78 is 6.81. The van der Waals surface area contributed by atoms with Crippen LogP contribution in [0.15, 0.2) is 81.3 Å². The van der Waals surface area contributed by atoms with E-state index in [0.717, 1.165) is 5.56 Å². The van der Waals surface area contributed by atoms with Gasteiger partial charge in [0.1, 0.15) is 5.76 Å². The fourth-order valence-corrected chi connectivity index (χ4v) is 3.96. The lowest BCUT2D eigenvalue weighted by Crippen LogP contribution is -2.27. The fourth-order valence-electron chi connectivity index (χ4n) is 2.97. The van der Waals surface area contributed by atoms with Gasteiger partial charge in [0.15, 0.2) is 5.16 Å². The van der Waals surface area contributed by atoms with Crippen molar-refractivity contribution in [3.63, 3.8) is 0 Å². The zero-order chi connectivity index (χ0) is 20.9. The molecule has 0 unspecified atom stereocenters. The minimum Gasteiger partial charge on any atom is -0.467 e. The molecule has 30 heavy (non-hydrogen) atoms. The van der Waals surface area contributed by atoms with Gasteiger partial charge in [0.2, 0.25) is 5.91 Å². The molecule has 8 heteroatoms. The predicted molar refractivity (Wildman–Crippen MR) is 118 cm³/mol. The number of carbonyl (C=O) groups is 1. The van der Waals surface area contributed by atoms with Crippen LogP contribution in [0.1, 0.15) is 11.3 Å². The molecule has 2 aromatic heterocycles. The second-order valence-corrected chi connectivity index (χ2v) is 7.96. The summed E-state index contributed by atoms with van der Waals surface area (Å²) in [6.45, 7) is 0.672. The summed E-state index contributed by atoms with van der Waals surface area (Å²) in [5, 5.41) is 4.25. The predicted octanol–water partition coefficient (Wildman–Crippen LogP) is 4.10. The normalized spacial score (nSPS) is 11.0. The summed E-state index contributed by atoms with van der Waals surface area (Å²) in [6, 6.07) is 18.2. The third-order valence-corrected chi connectivity index (χ3v) is 5.65. The Morgan fingerprint density at radius 2 is 1.97 bits per heavy atom. The molecule has 0 aliphatic rings. The number of aromatic nitrogens is 2. The molecule has 0 radical (unpaired) electrons. The van der Waals surface area contributed by atoms with Crippen LogP contribution in [0.2, 0.25) is 5.02 Å². The molecule has 0 bridgehead atoms. The molecule has 0 fully saturated rings. The van der Waals surface area contributed by atoms with Crippen molar-refractivity contribution in [3.05, 3.63) is 93.6 Å². The Bertz CT molecular complexity index is 1220. The van der Waals surface area contributed by atoms with Gasteiger partial charge in [-0.1, -0.05) is 53.7 Å². The lowest BCUT2D eigenvalue weighted by Gasteiger charge is -2.13. The molecule has 2 heterocycles. The van der Waals surface area contributed by atoms with Crippen LogP contribution in [-0.2, 0) is 17.9 Å². The number of nitrogens with one attached hydrogen (secondary N) is 1. The van der Waals surface area contributed by atoms with Crippen molar-refractivity contribution < 1.29 is 9.21 Å². The van der Waals surface area contributed by atoms with E-state index in [4.69, 9.17) is 16.0 Å². The van der Waals surface area contributed by atoms with Gasteiger partial charge in [0.05, 0.1) is 36.0 Å². The van der Waals surface area contributed by atoms with Gasteiger partial charge in [-0.3, -0.25) is 14.2 Å². The first-order chi connectivity index (χ1) is 14.6. The van der Waals surface area contributed by atoms with E-state index in [2.05, 4.69) is 10.3 Å². The zero-order valence-electron chi connectivity index (χ0n) is 15.9. The number of furan rings is 1. The number of hydrogen-bond acceptors (Lipinski definition) is 5. The van der Waals surface area contributed by atoms with Crippen molar-refractivity contribution in [2.45, 2.75) is 18.2 Å². The molecule has 0 aliphatic heterocycles. The molecular weight excluding hydrogens is 422 g/mol. The highest BCUT2D eigenvalue weighted by Gasteiger charge is 2.14. The summed E-state index contributed by atoms with van der Waals surface area (Å²) in [5.41, 5.74) is 1.31. The maximum absolute atomic E-state index is 13.1. The molecule has 4 rings (SSSR count). The average Bonchev–Trinajstić information content (AvgIpc) is 3.27. The van der Waals surface area contributed by atoms with E-state index >= 15 is 0 Å². The number of hydrogen-bond donors (Lipinski definition) is 1. The van der Waals surface area contributed by atoms with Crippen LogP contribution in [0.3, 0.4) is 0 Å². The van der Waals surface area contributed by atoms with Gasteiger partial charge in [-0.2, -0.15) is 0 Å². The van der Waals surface area contributed by atoms with Crippen LogP contribution in [0.25, 0.3) is 10.9 Å². The first kappa shape index (κ1) is 20.3. The molecule has 0 atom stereocenters.